The molecule has 2 aromatic heterocycles. The third-order valence-corrected chi connectivity index (χ3v) is 24.7. The maximum absolute atomic E-state index is 16.3. The Morgan fingerprint density at radius 1 is 0.535 bits per heavy atom. The number of H-pyrrole nitrogens is 2. The lowest BCUT2D eigenvalue weighted by molar-refractivity contribution is -0.157. The van der Waals surface area contributed by atoms with E-state index in [-0.39, 0.29) is 43.7 Å². The number of aromatic amines is 2. The highest BCUT2D eigenvalue weighted by molar-refractivity contribution is 6.01. The Morgan fingerprint density at radius 3 is 1.75 bits per heavy atom. The van der Waals surface area contributed by atoms with Gasteiger partial charge in [0.15, 0.2) is 41.3 Å². The van der Waals surface area contributed by atoms with Crippen LogP contribution >= 0.6 is 0 Å². The SMILES string of the molecule is CCCCCOc1ccc(-c2ccc(C[C@H](CC(=O)[C@H](CC(=O)OC(C)(C)C)NC(=O)[C@H](COC(C)(C)C)CC(=O)[C@@H](NC(=O)[C@@](C)(CC(=O)[C@@H](NC(=O)CCC(=O)[C@H](Cc3nn[nH]n3)NC(=O)C(C)(C)c3ccn[nH]3)[C@@H](C)OC(C)(C)C)Cc3ccccc3F)[C@@H](C)OC(C)(C)C)C(=O)N[C@@H](CCCc3cc(C)cc(C)c3)C(=O)CC(c3ccc(OCC(N)=O)cc3)c3ccc(OC)cc3OC)cc2)c(CC)c1. The maximum Gasteiger partial charge on any atom is 0.308 e. The summed E-state index contributed by atoms with van der Waals surface area (Å²) in [5.41, 5.74) is 6.25. The van der Waals surface area contributed by atoms with Crippen molar-refractivity contribution in [2.45, 2.75) is 331 Å². The number of carbonyl (C=O) groups is 12. The molecule has 0 saturated heterocycles. The number of benzene rings is 6. The van der Waals surface area contributed by atoms with Crippen LogP contribution in [0.25, 0.3) is 11.1 Å². The fourth-order valence-electron chi connectivity index (χ4n) is 17.4. The van der Waals surface area contributed by atoms with Crippen molar-refractivity contribution in [1.82, 2.24) is 57.4 Å². The van der Waals surface area contributed by atoms with Gasteiger partial charge in [-0.3, -0.25) is 62.6 Å². The van der Waals surface area contributed by atoms with Crippen molar-refractivity contribution in [3.05, 3.63) is 202 Å². The first-order chi connectivity index (χ1) is 67.7. The third kappa shape index (κ3) is 37.1. The number of nitrogens with one attached hydrogen (secondary N) is 7. The zero-order valence-electron chi connectivity index (χ0n) is 88.1. The minimum Gasteiger partial charge on any atom is -0.497 e. The second-order valence-corrected chi connectivity index (χ2v) is 42.2. The number of ketones is 5. The molecule has 6 amide bonds. The second kappa shape index (κ2) is 53.2. The molecule has 6 aromatic carbocycles. The summed E-state index contributed by atoms with van der Waals surface area (Å²) >= 11 is 0. The normalized spacial score (nSPS) is 14.5. The molecule has 11 atom stereocenters. The van der Waals surface area contributed by atoms with Gasteiger partial charge in [0.25, 0.3) is 5.91 Å². The third-order valence-electron chi connectivity index (χ3n) is 24.7. The van der Waals surface area contributed by atoms with Crippen LogP contribution in [0.15, 0.2) is 140 Å². The summed E-state index contributed by atoms with van der Waals surface area (Å²) in [6.45, 7) is 35.9. The lowest BCUT2D eigenvalue weighted by atomic mass is 9.76. The van der Waals surface area contributed by atoms with E-state index in [4.69, 9.17) is 43.6 Å². The average molecular weight is 1990 g/mol. The second-order valence-electron chi connectivity index (χ2n) is 42.2. The van der Waals surface area contributed by atoms with E-state index < -0.39 is 221 Å². The van der Waals surface area contributed by atoms with Crippen molar-refractivity contribution in [3.8, 4) is 34.1 Å². The number of primary amides is 1. The van der Waals surface area contributed by atoms with Gasteiger partial charge >= 0.3 is 5.97 Å². The fraction of sp³-hybridized carbons (Fsp3) is 0.532. The number of Topliss-reactive ketones (excluding diaryl/α,β-unsaturated/α-hetero) is 5. The smallest absolute Gasteiger partial charge is 0.308 e. The Hall–Kier alpha value is -12.8. The lowest BCUT2D eigenvalue weighted by Gasteiger charge is -2.36. The molecule has 2 heterocycles. The Labute approximate surface area is 846 Å². The number of aromatic nitrogens is 6. The topological polar surface area (TPSA) is 448 Å². The molecule has 1 unspecified atom stereocenters. The standard InChI is InChI=1S/C111H151FN12O20/c1-24-26-29-51-139-81-44-45-82(73(25-2)56-81)74-37-35-71(36-38-74)55-77(102(133)115-86(34-30-31-72-53-67(3)52-68(4)54-72)91(127)60-84(83-46-43-80(137-22)59-94(83)138-23)75-39-41-79(42-40-75)140-66-96(113)130)57-90(126)88(62-99(132)144-109(16,17)18)116-103(134)78(65-141-106(7,8)9)58-92(128)100(69(5)142-107(10,11)12)119-105(136)111(21,63-76-32-27-28-33-85(76)112)64-93(129)101(70(6)143-108(13,14)15)118-98(131)48-47-89(125)87(61-97-121-123-124-122-97)117-104(135)110(19,20)95-49-50-114-120-95/h27-28,32-33,35-46,49-50,52-54,56,59,69-70,77-78,84,86-88,100-101H,24-26,29-31,34,47-48,51,55,57-58,60-66H2,1-23H3,(H2,113,130)(H,114,120)(H,115,133)(H,116,134)(H,117,135)(H,118,131)(H,119,136)(H,121,122,123,124)/t69-,70-,77-,78+,84?,86+,87+,88+,100+,101+,111-/m1/s1. The molecule has 8 aromatic rings. The molecule has 9 N–H and O–H groups in total. The van der Waals surface area contributed by atoms with Crippen molar-refractivity contribution in [3.63, 3.8) is 0 Å². The summed E-state index contributed by atoms with van der Waals surface area (Å²) in [7, 11) is 3.01. The zero-order chi connectivity index (χ0) is 106. The molecule has 32 nitrogen and oxygen atoms in total. The molecule has 8 rings (SSSR count). The highest BCUT2D eigenvalue weighted by Crippen LogP contribution is 2.40. The highest BCUT2D eigenvalue weighted by atomic mass is 19.1. The number of ether oxygens (including phenoxy) is 8. The van der Waals surface area contributed by atoms with Crippen molar-refractivity contribution in [2.75, 3.05) is 34.0 Å². The van der Waals surface area contributed by atoms with Gasteiger partial charge in [-0.15, -0.1) is 10.2 Å². The van der Waals surface area contributed by atoms with Gasteiger partial charge in [-0.05, 0) is 251 Å². The molecule has 0 saturated carbocycles. The number of tetrazole rings is 1. The molecule has 0 fully saturated rings. The number of aryl methyl sites for hydroxylation is 4. The molecular formula is C111H151FN12O20. The minimum atomic E-state index is -2.02. The Kier molecular flexibility index (Phi) is 43.0. The predicted molar refractivity (Wildman–Crippen MR) is 545 cm³/mol. The number of carbonyl (C=O) groups excluding carboxylic acids is 12. The first-order valence-corrected chi connectivity index (χ1v) is 49.6. The number of hydrogen-bond acceptors (Lipinski definition) is 24. The molecule has 0 aliphatic heterocycles. The number of hydrogen-bond donors (Lipinski definition) is 8. The van der Waals surface area contributed by atoms with Gasteiger partial charge < -0.3 is 70.2 Å². The van der Waals surface area contributed by atoms with E-state index >= 15 is 38.0 Å². The number of halogens is 1. The predicted octanol–water partition coefficient (Wildman–Crippen LogP) is 15.0. The van der Waals surface area contributed by atoms with Crippen molar-refractivity contribution < 1.29 is 99.8 Å². The first-order valence-electron chi connectivity index (χ1n) is 49.6. The number of methoxy groups -OCH3 is 2. The van der Waals surface area contributed by atoms with Crippen molar-refractivity contribution in [1.29, 1.82) is 0 Å². The van der Waals surface area contributed by atoms with Crippen LogP contribution < -0.4 is 51.3 Å². The maximum atomic E-state index is 16.3. The molecule has 0 aliphatic carbocycles. The first kappa shape index (κ1) is 116. The van der Waals surface area contributed by atoms with Gasteiger partial charge in [-0.1, -0.05) is 135 Å². The van der Waals surface area contributed by atoms with Crippen LogP contribution in [0.4, 0.5) is 4.39 Å². The number of nitrogens with zero attached hydrogens (tertiary/aromatic N) is 4. The molecule has 0 spiro atoms. The Bertz CT molecular complexity index is 5620. The van der Waals surface area contributed by atoms with E-state index in [0.717, 1.165) is 58.4 Å². The summed E-state index contributed by atoms with van der Waals surface area (Å²) in [6, 6.07) is 31.5. The van der Waals surface area contributed by atoms with Crippen molar-refractivity contribution >= 4 is 70.3 Å². The van der Waals surface area contributed by atoms with Gasteiger partial charge in [0, 0.05) is 74.6 Å². The van der Waals surface area contributed by atoms with E-state index in [0.29, 0.717) is 65.5 Å². The molecule has 0 aliphatic rings. The summed E-state index contributed by atoms with van der Waals surface area (Å²) in [6.07, 6.45) is -1.24. The van der Waals surface area contributed by atoms with E-state index in [1.807, 2.05) is 56.3 Å². The molecule has 0 radical (unpaired) electrons. The molecule has 0 bridgehead atoms. The van der Waals surface area contributed by atoms with Crippen LogP contribution in [0.3, 0.4) is 0 Å². The summed E-state index contributed by atoms with van der Waals surface area (Å²) in [5, 5.41) is 35.0. The molecule has 144 heavy (non-hydrogen) atoms. The molecular weight excluding hydrogens is 1840 g/mol. The van der Waals surface area contributed by atoms with Crippen LogP contribution in [0, 0.1) is 36.9 Å². The van der Waals surface area contributed by atoms with Gasteiger partial charge in [-0.2, -0.15) is 10.3 Å². The minimum absolute atomic E-state index is 0.0136. The monoisotopic (exact) mass is 1990 g/mol. The Morgan fingerprint density at radius 2 is 1.16 bits per heavy atom. The lowest BCUT2D eigenvalue weighted by Crippen LogP contribution is -2.57. The van der Waals surface area contributed by atoms with E-state index in [9.17, 15) is 24.0 Å². The van der Waals surface area contributed by atoms with Gasteiger partial charge in [0.2, 0.25) is 29.5 Å². The van der Waals surface area contributed by atoms with E-state index in [1.54, 1.807) is 152 Å². The largest absolute Gasteiger partial charge is 0.497 e. The van der Waals surface area contributed by atoms with Gasteiger partial charge in [0.05, 0.1) is 103 Å². The van der Waals surface area contributed by atoms with Crippen LogP contribution in [0.5, 0.6) is 23.0 Å². The average Bonchev–Trinajstić information content (AvgIpc) is 0.843. The number of rotatable bonds is 58. The van der Waals surface area contributed by atoms with E-state index in [2.05, 4.69) is 89.5 Å². The van der Waals surface area contributed by atoms with Gasteiger partial charge in [-0.25, -0.2) is 4.39 Å². The van der Waals surface area contributed by atoms with Crippen LogP contribution in [-0.2, 0) is 114 Å². The Balaban J connectivity index is 1.17. The summed E-state index contributed by atoms with van der Waals surface area (Å²) in [4.78, 5) is 181. The van der Waals surface area contributed by atoms with Crippen LogP contribution in [-0.4, -0.2) is 200 Å². The highest BCUT2D eigenvalue weighted by Gasteiger charge is 2.46. The number of amides is 6. The number of esters is 1. The molecule has 782 valence electrons. The summed E-state index contributed by atoms with van der Waals surface area (Å²) in [5.74, 6) is -11.4. The summed E-state index contributed by atoms with van der Waals surface area (Å²) < 4.78 is 64.9. The number of nitrogens with two attached hydrogens (primary N) is 1. The molecule has 33 heteroatoms. The van der Waals surface area contributed by atoms with Gasteiger partial charge in [0.1, 0.15) is 46.5 Å². The zero-order valence-corrected chi connectivity index (χ0v) is 88.1. The fourth-order valence-corrected chi connectivity index (χ4v) is 17.4. The van der Waals surface area contributed by atoms with E-state index in [1.165, 1.54) is 59.4 Å². The van der Waals surface area contributed by atoms with Crippen molar-refractivity contribution in [2.24, 2.45) is 23.0 Å². The van der Waals surface area contributed by atoms with Crippen LogP contribution in [0.2, 0.25) is 0 Å². The quantitative estimate of drug-likeness (QED) is 0.0130. The van der Waals surface area contributed by atoms with Crippen LogP contribution in [0.1, 0.15) is 271 Å². The number of unbranched alkanes of at least 4 members (excludes halogenated alkanes) is 2.